The maximum atomic E-state index is 5.51. The Morgan fingerprint density at radius 2 is 2.30 bits per heavy atom. The van der Waals surface area contributed by atoms with Gasteiger partial charge in [0.1, 0.15) is 18.1 Å². The summed E-state index contributed by atoms with van der Waals surface area (Å²) >= 11 is 3.45. The summed E-state index contributed by atoms with van der Waals surface area (Å²) in [6.07, 6.45) is 6.92. The molecule has 5 heteroatoms. The highest BCUT2D eigenvalue weighted by Gasteiger charge is 2.06. The van der Waals surface area contributed by atoms with Crippen LogP contribution in [0, 0.1) is 19.3 Å². The number of hydrogen-bond acceptors (Lipinski definition) is 4. The molecule has 20 heavy (non-hydrogen) atoms. The van der Waals surface area contributed by atoms with Gasteiger partial charge in [-0.3, -0.25) is 0 Å². The van der Waals surface area contributed by atoms with Crippen molar-refractivity contribution in [1.29, 1.82) is 0 Å². The fourth-order valence-electron chi connectivity index (χ4n) is 1.73. The molecular formula is C15H15BrN2O2. The minimum atomic E-state index is 0.258. The first kappa shape index (κ1) is 14.6. The Hall–Kier alpha value is -1.77. The fraction of sp³-hybridized carbons (Fsp3) is 0.267. The molecule has 1 N–H and O–H groups in total. The minimum absolute atomic E-state index is 0.258. The number of hydrogen-bond donors (Lipinski definition) is 1. The predicted octanol–water partition coefficient (Wildman–Crippen LogP) is 3.05. The fourth-order valence-corrected chi connectivity index (χ4v) is 2.14. The smallest absolute Gasteiger partial charge is 0.208 e. The third-order valence-corrected chi connectivity index (χ3v) is 3.09. The highest BCUT2D eigenvalue weighted by atomic mass is 79.9. The molecule has 0 radical (unpaired) electrons. The number of nitrogens with zero attached hydrogens (tertiary/aromatic N) is 1. The molecule has 0 unspecified atom stereocenters. The standard InChI is InChI=1S/C15H15BrN2O2/c1-3-6-19-14-5-4-13(16)7-12(14)9-17-10-15-18-8-11(2)20-15/h1,4-5,7-8,17H,6,9-10H2,2H3. The zero-order valence-electron chi connectivity index (χ0n) is 11.1. The van der Waals surface area contributed by atoms with E-state index in [0.717, 1.165) is 21.5 Å². The lowest BCUT2D eigenvalue weighted by atomic mass is 10.2. The van der Waals surface area contributed by atoms with Crippen LogP contribution in [0.4, 0.5) is 0 Å². The first-order valence-corrected chi connectivity index (χ1v) is 6.95. The van der Waals surface area contributed by atoms with E-state index in [1.807, 2.05) is 25.1 Å². The van der Waals surface area contributed by atoms with Crippen LogP contribution in [0.2, 0.25) is 0 Å². The minimum Gasteiger partial charge on any atom is -0.481 e. The zero-order chi connectivity index (χ0) is 14.4. The Labute approximate surface area is 126 Å². The molecule has 0 atom stereocenters. The van der Waals surface area contributed by atoms with Gasteiger partial charge in [-0.1, -0.05) is 21.9 Å². The maximum absolute atomic E-state index is 5.51. The first-order valence-electron chi connectivity index (χ1n) is 6.15. The van der Waals surface area contributed by atoms with E-state index in [1.165, 1.54) is 0 Å². The second kappa shape index (κ2) is 7.13. The van der Waals surface area contributed by atoms with Crippen LogP contribution in [0.15, 0.2) is 33.3 Å². The Morgan fingerprint density at radius 1 is 1.45 bits per heavy atom. The van der Waals surface area contributed by atoms with E-state index >= 15 is 0 Å². The normalized spacial score (nSPS) is 10.2. The summed E-state index contributed by atoms with van der Waals surface area (Å²) < 4.78 is 11.9. The Balaban J connectivity index is 1.97. The summed E-state index contributed by atoms with van der Waals surface area (Å²) in [6.45, 7) is 3.33. The van der Waals surface area contributed by atoms with Crippen molar-refractivity contribution >= 4 is 15.9 Å². The Morgan fingerprint density at radius 3 is 3.00 bits per heavy atom. The molecule has 2 rings (SSSR count). The number of terminal acetylenes is 1. The van der Waals surface area contributed by atoms with Crippen molar-refractivity contribution in [3.8, 4) is 18.1 Å². The van der Waals surface area contributed by atoms with Gasteiger partial charge in [-0.2, -0.15) is 0 Å². The Bertz CT molecular complexity index is 617. The van der Waals surface area contributed by atoms with E-state index in [0.29, 0.717) is 19.0 Å². The van der Waals surface area contributed by atoms with Gasteiger partial charge >= 0.3 is 0 Å². The predicted molar refractivity (Wildman–Crippen MR) is 80.3 cm³/mol. The van der Waals surface area contributed by atoms with Crippen molar-refractivity contribution in [2.24, 2.45) is 0 Å². The lowest BCUT2D eigenvalue weighted by Gasteiger charge is -2.10. The van der Waals surface area contributed by atoms with Crippen LogP contribution in [0.5, 0.6) is 5.75 Å². The third kappa shape index (κ3) is 4.12. The van der Waals surface area contributed by atoms with Crippen molar-refractivity contribution in [2.75, 3.05) is 6.61 Å². The topological polar surface area (TPSA) is 47.3 Å². The zero-order valence-corrected chi connectivity index (χ0v) is 12.7. The summed E-state index contributed by atoms with van der Waals surface area (Å²) in [4.78, 5) is 4.14. The number of aromatic nitrogens is 1. The summed E-state index contributed by atoms with van der Waals surface area (Å²) in [5, 5.41) is 3.27. The molecule has 4 nitrogen and oxygen atoms in total. The summed E-state index contributed by atoms with van der Waals surface area (Å²) in [5.41, 5.74) is 1.03. The third-order valence-electron chi connectivity index (χ3n) is 2.59. The lowest BCUT2D eigenvalue weighted by Crippen LogP contribution is -2.14. The molecule has 0 amide bonds. The van der Waals surface area contributed by atoms with Gasteiger partial charge in [-0.15, -0.1) is 6.42 Å². The van der Waals surface area contributed by atoms with Crippen molar-refractivity contribution in [1.82, 2.24) is 10.3 Å². The van der Waals surface area contributed by atoms with Crippen molar-refractivity contribution < 1.29 is 9.15 Å². The number of aryl methyl sites for hydroxylation is 1. The summed E-state index contributed by atoms with van der Waals surface area (Å²) in [6, 6.07) is 5.82. The molecular weight excluding hydrogens is 320 g/mol. The van der Waals surface area contributed by atoms with Crippen LogP contribution >= 0.6 is 15.9 Å². The number of halogens is 1. The molecule has 0 saturated heterocycles. The quantitative estimate of drug-likeness (QED) is 0.825. The van der Waals surface area contributed by atoms with Gasteiger partial charge in [0.05, 0.1) is 12.7 Å². The van der Waals surface area contributed by atoms with Gasteiger partial charge in [0.25, 0.3) is 0 Å². The molecule has 0 fully saturated rings. The summed E-state index contributed by atoms with van der Waals surface area (Å²) in [5.74, 6) is 4.72. The average Bonchev–Trinajstić information content (AvgIpc) is 2.84. The first-order chi connectivity index (χ1) is 9.69. The van der Waals surface area contributed by atoms with E-state index in [-0.39, 0.29) is 6.61 Å². The van der Waals surface area contributed by atoms with Gasteiger partial charge in [-0.25, -0.2) is 4.98 Å². The van der Waals surface area contributed by atoms with E-state index in [9.17, 15) is 0 Å². The van der Waals surface area contributed by atoms with Crippen LogP contribution in [0.3, 0.4) is 0 Å². The molecule has 2 aromatic rings. The maximum Gasteiger partial charge on any atom is 0.208 e. The van der Waals surface area contributed by atoms with E-state index in [2.05, 4.69) is 32.2 Å². The molecule has 0 aliphatic carbocycles. The second-order valence-corrected chi connectivity index (χ2v) is 5.13. The highest BCUT2D eigenvalue weighted by molar-refractivity contribution is 9.10. The van der Waals surface area contributed by atoms with Crippen molar-refractivity contribution in [3.63, 3.8) is 0 Å². The van der Waals surface area contributed by atoms with E-state index in [1.54, 1.807) is 6.20 Å². The highest BCUT2D eigenvalue weighted by Crippen LogP contribution is 2.23. The largest absolute Gasteiger partial charge is 0.481 e. The van der Waals surface area contributed by atoms with Gasteiger partial charge < -0.3 is 14.5 Å². The number of benzene rings is 1. The average molecular weight is 335 g/mol. The molecule has 1 heterocycles. The lowest BCUT2D eigenvalue weighted by molar-refractivity contribution is 0.364. The number of oxazole rings is 1. The van der Waals surface area contributed by atoms with E-state index < -0.39 is 0 Å². The van der Waals surface area contributed by atoms with Crippen molar-refractivity contribution in [2.45, 2.75) is 20.0 Å². The molecule has 0 aliphatic heterocycles. The van der Waals surface area contributed by atoms with Crippen LogP contribution < -0.4 is 10.1 Å². The Kier molecular flexibility index (Phi) is 5.22. The number of nitrogens with one attached hydrogen (secondary N) is 1. The molecule has 0 saturated carbocycles. The van der Waals surface area contributed by atoms with Crippen LogP contribution in [0.25, 0.3) is 0 Å². The summed E-state index contributed by atoms with van der Waals surface area (Å²) in [7, 11) is 0. The molecule has 0 spiro atoms. The molecule has 104 valence electrons. The van der Waals surface area contributed by atoms with Gasteiger partial charge in [-0.05, 0) is 25.1 Å². The SMILES string of the molecule is C#CCOc1ccc(Br)cc1CNCc1ncc(C)o1. The second-order valence-electron chi connectivity index (χ2n) is 4.21. The van der Waals surface area contributed by atoms with Gasteiger partial charge in [0.2, 0.25) is 5.89 Å². The van der Waals surface area contributed by atoms with Gasteiger partial charge in [0, 0.05) is 16.6 Å². The van der Waals surface area contributed by atoms with Crippen LogP contribution in [-0.4, -0.2) is 11.6 Å². The van der Waals surface area contributed by atoms with Gasteiger partial charge in [0.15, 0.2) is 0 Å². The van der Waals surface area contributed by atoms with Crippen molar-refractivity contribution in [3.05, 3.63) is 46.1 Å². The molecule has 0 aliphatic rings. The molecule has 1 aromatic carbocycles. The number of ether oxygens (including phenoxy) is 1. The van der Waals surface area contributed by atoms with E-state index in [4.69, 9.17) is 15.6 Å². The van der Waals surface area contributed by atoms with Crippen LogP contribution in [0.1, 0.15) is 17.2 Å². The molecule has 1 aromatic heterocycles. The van der Waals surface area contributed by atoms with Crippen LogP contribution in [-0.2, 0) is 13.1 Å². The number of rotatable bonds is 6. The monoisotopic (exact) mass is 334 g/mol. The molecule has 0 bridgehead atoms.